The number of ketones is 2. The number of carbonyl (C=O) groups is 2. The van der Waals surface area contributed by atoms with E-state index in [0.29, 0.717) is 5.56 Å². The summed E-state index contributed by atoms with van der Waals surface area (Å²) in [7, 11) is 4.76. The lowest BCUT2D eigenvalue weighted by atomic mass is 9.95. The van der Waals surface area contributed by atoms with Crippen LogP contribution in [0.25, 0.3) is 0 Å². The van der Waals surface area contributed by atoms with Crippen LogP contribution in [0.3, 0.4) is 0 Å². The number of carbonyl (C=O) groups excluding carboxylic acids is 2. The van der Waals surface area contributed by atoms with Gasteiger partial charge in [0.05, 0.1) is 12.7 Å². The van der Waals surface area contributed by atoms with E-state index in [1.807, 2.05) is 0 Å². The summed E-state index contributed by atoms with van der Waals surface area (Å²) in [4.78, 5) is 29.8. The molecule has 1 aliphatic carbocycles. The number of rotatable bonds is 2. The molecule has 0 unspecified atom stereocenters. The van der Waals surface area contributed by atoms with Crippen molar-refractivity contribution >= 4 is 11.6 Å². The van der Waals surface area contributed by atoms with Crippen LogP contribution in [0.15, 0.2) is 29.8 Å². The van der Waals surface area contributed by atoms with Gasteiger partial charge in [-0.05, 0) is 12.1 Å². The predicted octanol–water partition coefficient (Wildman–Crippen LogP) is 0.880. The minimum atomic E-state index is -0.307. The monoisotopic (exact) mass is 232 g/mol. The minimum absolute atomic E-state index is 0.0699. The molecule has 0 bridgehead atoms. The molecule has 17 heavy (non-hydrogen) atoms. The van der Waals surface area contributed by atoms with E-state index in [1.165, 1.54) is 13.3 Å². The van der Waals surface area contributed by atoms with Gasteiger partial charge in [-0.15, -0.1) is 0 Å². The molecule has 0 fully saturated rings. The van der Waals surface area contributed by atoms with Crippen molar-refractivity contribution in [1.29, 1.82) is 0 Å². The number of methoxy groups -OCH3 is 1. The van der Waals surface area contributed by atoms with Crippen molar-refractivity contribution in [3.63, 3.8) is 0 Å². The van der Waals surface area contributed by atoms with Crippen LogP contribution in [-0.4, -0.2) is 42.7 Å². The Bertz CT molecular complexity index is 532. The number of Topliss-reactive ketones (excluding diaryl/α,β-unsaturated/α-hetero) is 2. The van der Waals surface area contributed by atoms with Crippen molar-refractivity contribution in [2.75, 3.05) is 21.2 Å². The lowest BCUT2D eigenvalue weighted by Crippen LogP contribution is -2.31. The fraction of sp³-hybridized carbons (Fsp3) is 0.250. The molecule has 5 nitrogen and oxygen atoms in total. The van der Waals surface area contributed by atoms with Crippen molar-refractivity contribution in [2.45, 2.75) is 0 Å². The zero-order valence-corrected chi connectivity index (χ0v) is 9.85. The largest absolute Gasteiger partial charge is 0.491 e. The zero-order chi connectivity index (χ0) is 12.6. The van der Waals surface area contributed by atoms with Gasteiger partial charge in [0.2, 0.25) is 11.6 Å². The van der Waals surface area contributed by atoms with Crippen LogP contribution in [0.1, 0.15) is 20.8 Å². The molecule has 1 aliphatic rings. The first-order valence-corrected chi connectivity index (χ1v) is 5.08. The van der Waals surface area contributed by atoms with Gasteiger partial charge in [-0.3, -0.25) is 14.6 Å². The summed E-state index contributed by atoms with van der Waals surface area (Å²) in [6, 6.07) is 3.20. The molecule has 0 saturated heterocycles. The highest BCUT2D eigenvalue weighted by Crippen LogP contribution is 2.26. The molecule has 0 amide bonds. The summed E-state index contributed by atoms with van der Waals surface area (Å²) in [5.74, 6) is -0.526. The molecule has 1 aromatic rings. The molecular formula is C12H12N2O3. The second-order valence-corrected chi connectivity index (χ2v) is 3.83. The average Bonchev–Trinajstić information content (AvgIpc) is 2.33. The third kappa shape index (κ3) is 1.60. The van der Waals surface area contributed by atoms with Crippen molar-refractivity contribution in [3.05, 3.63) is 41.0 Å². The Morgan fingerprint density at radius 1 is 1.24 bits per heavy atom. The Hall–Kier alpha value is -2.17. The Labute approximate surface area is 98.7 Å². The summed E-state index contributed by atoms with van der Waals surface area (Å²) < 4.78 is 5.04. The molecule has 0 aromatic carbocycles. The molecule has 5 heteroatoms. The molecule has 0 atom stereocenters. The SMILES string of the molecule is COC1=C(N(C)C)C(=O)c2ncccc2C1=O. The van der Waals surface area contributed by atoms with Crippen molar-refractivity contribution < 1.29 is 14.3 Å². The van der Waals surface area contributed by atoms with Gasteiger partial charge in [0, 0.05) is 20.3 Å². The van der Waals surface area contributed by atoms with Crippen LogP contribution < -0.4 is 0 Å². The molecule has 0 saturated carbocycles. The van der Waals surface area contributed by atoms with Crippen LogP contribution in [0, 0.1) is 0 Å². The first kappa shape index (κ1) is 11.3. The predicted molar refractivity (Wildman–Crippen MR) is 60.6 cm³/mol. The Morgan fingerprint density at radius 2 is 1.94 bits per heavy atom. The fourth-order valence-electron chi connectivity index (χ4n) is 1.81. The van der Waals surface area contributed by atoms with Crippen LogP contribution in [0.2, 0.25) is 0 Å². The first-order chi connectivity index (χ1) is 8.07. The molecule has 0 N–H and O–H groups in total. The molecule has 0 spiro atoms. The second-order valence-electron chi connectivity index (χ2n) is 3.83. The van der Waals surface area contributed by atoms with E-state index in [4.69, 9.17) is 4.74 Å². The van der Waals surface area contributed by atoms with Gasteiger partial charge in [-0.25, -0.2) is 0 Å². The van der Waals surface area contributed by atoms with Gasteiger partial charge in [-0.1, -0.05) is 0 Å². The average molecular weight is 232 g/mol. The topological polar surface area (TPSA) is 59.5 Å². The zero-order valence-electron chi connectivity index (χ0n) is 9.85. The molecule has 1 heterocycles. The third-order valence-electron chi connectivity index (χ3n) is 2.56. The number of hydrogen-bond acceptors (Lipinski definition) is 5. The number of nitrogens with zero attached hydrogens (tertiary/aromatic N) is 2. The van der Waals surface area contributed by atoms with E-state index in [9.17, 15) is 9.59 Å². The highest BCUT2D eigenvalue weighted by Gasteiger charge is 2.35. The van der Waals surface area contributed by atoms with E-state index < -0.39 is 0 Å². The van der Waals surface area contributed by atoms with E-state index >= 15 is 0 Å². The van der Waals surface area contributed by atoms with E-state index in [-0.39, 0.29) is 28.7 Å². The summed E-state index contributed by atoms with van der Waals surface area (Å²) in [6.45, 7) is 0. The van der Waals surface area contributed by atoms with Crippen molar-refractivity contribution in [3.8, 4) is 0 Å². The molecule has 0 radical (unpaired) electrons. The lowest BCUT2D eigenvalue weighted by molar-refractivity contribution is 0.0878. The number of aromatic nitrogens is 1. The third-order valence-corrected chi connectivity index (χ3v) is 2.56. The highest BCUT2D eigenvalue weighted by molar-refractivity contribution is 6.25. The van der Waals surface area contributed by atoms with E-state index in [2.05, 4.69) is 4.98 Å². The van der Waals surface area contributed by atoms with Gasteiger partial charge in [0.1, 0.15) is 11.4 Å². The van der Waals surface area contributed by atoms with Crippen LogP contribution in [0.5, 0.6) is 0 Å². The van der Waals surface area contributed by atoms with Crippen LogP contribution in [0.4, 0.5) is 0 Å². The summed E-state index contributed by atoms with van der Waals surface area (Å²) in [5.41, 5.74) is 0.714. The number of pyridine rings is 1. The summed E-state index contributed by atoms with van der Waals surface area (Å²) in [5, 5.41) is 0. The quantitative estimate of drug-likeness (QED) is 0.757. The Kier molecular flexibility index (Phi) is 2.67. The number of allylic oxidation sites excluding steroid dienone is 2. The van der Waals surface area contributed by atoms with Gasteiger partial charge < -0.3 is 9.64 Å². The minimum Gasteiger partial charge on any atom is -0.491 e. The Balaban J connectivity index is 2.69. The molecule has 0 aliphatic heterocycles. The van der Waals surface area contributed by atoms with Crippen molar-refractivity contribution in [1.82, 2.24) is 9.88 Å². The highest BCUT2D eigenvalue weighted by atomic mass is 16.5. The maximum atomic E-state index is 12.2. The number of ether oxygens (including phenoxy) is 1. The first-order valence-electron chi connectivity index (χ1n) is 5.08. The molecule has 2 rings (SSSR count). The standard InChI is InChI=1S/C12H12N2O3/c1-14(2)9-11(16)8-7(5-4-6-13-8)10(15)12(9)17-3/h4-6H,1-3H3. The number of likely N-dealkylation sites (N-methyl/N-ethyl adjacent to an activating group) is 1. The van der Waals surface area contributed by atoms with E-state index in [1.54, 1.807) is 31.1 Å². The van der Waals surface area contributed by atoms with Crippen LogP contribution >= 0.6 is 0 Å². The number of hydrogen-bond donors (Lipinski definition) is 0. The molecular weight excluding hydrogens is 220 g/mol. The van der Waals surface area contributed by atoms with Crippen molar-refractivity contribution in [2.24, 2.45) is 0 Å². The second kappa shape index (κ2) is 4.01. The lowest BCUT2D eigenvalue weighted by Gasteiger charge is -2.23. The van der Waals surface area contributed by atoms with Gasteiger partial charge in [0.25, 0.3) is 0 Å². The molecule has 88 valence electrons. The normalized spacial score (nSPS) is 14.8. The van der Waals surface area contributed by atoms with Crippen LogP contribution in [-0.2, 0) is 4.74 Å². The van der Waals surface area contributed by atoms with Gasteiger partial charge >= 0.3 is 0 Å². The number of fused-ring (bicyclic) bond motifs is 1. The van der Waals surface area contributed by atoms with Gasteiger partial charge in [0.15, 0.2) is 5.76 Å². The van der Waals surface area contributed by atoms with Gasteiger partial charge in [-0.2, -0.15) is 0 Å². The Morgan fingerprint density at radius 3 is 2.53 bits per heavy atom. The summed E-state index contributed by atoms with van der Waals surface area (Å²) >= 11 is 0. The fourth-order valence-corrected chi connectivity index (χ4v) is 1.81. The maximum absolute atomic E-state index is 12.2. The smallest absolute Gasteiger partial charge is 0.232 e. The maximum Gasteiger partial charge on any atom is 0.232 e. The molecule has 1 aromatic heterocycles. The van der Waals surface area contributed by atoms with E-state index in [0.717, 1.165) is 0 Å². The summed E-state index contributed by atoms with van der Waals surface area (Å²) in [6.07, 6.45) is 1.50.